The molecule has 0 heterocycles. The van der Waals surface area contributed by atoms with E-state index in [-0.39, 0.29) is 6.03 Å². The number of carbonyl (C=O) groups is 1. The Morgan fingerprint density at radius 2 is 1.65 bits per heavy atom. The summed E-state index contributed by atoms with van der Waals surface area (Å²) in [7, 11) is 0. The highest BCUT2D eigenvalue weighted by Crippen LogP contribution is 2.22. The first-order valence-corrected chi connectivity index (χ1v) is 8.06. The summed E-state index contributed by atoms with van der Waals surface area (Å²) in [5, 5.41) is 5.76. The van der Waals surface area contributed by atoms with Crippen molar-refractivity contribution in [2.45, 2.75) is 33.6 Å². The van der Waals surface area contributed by atoms with Gasteiger partial charge in [0.15, 0.2) is 0 Å². The van der Waals surface area contributed by atoms with Crippen LogP contribution >= 0.6 is 0 Å². The average molecular weight is 308 g/mol. The number of urea groups is 1. The maximum absolute atomic E-state index is 12.2. The first kappa shape index (κ1) is 16.8. The summed E-state index contributed by atoms with van der Waals surface area (Å²) >= 11 is 0. The third kappa shape index (κ3) is 4.46. The van der Waals surface area contributed by atoms with Crippen LogP contribution in [-0.4, -0.2) is 6.03 Å². The van der Waals surface area contributed by atoms with Crippen LogP contribution < -0.4 is 10.6 Å². The van der Waals surface area contributed by atoms with Crippen LogP contribution in [0.3, 0.4) is 0 Å². The van der Waals surface area contributed by atoms with Crippen LogP contribution in [0.15, 0.2) is 48.7 Å². The van der Waals surface area contributed by atoms with Gasteiger partial charge in [-0.15, -0.1) is 0 Å². The van der Waals surface area contributed by atoms with Gasteiger partial charge in [-0.3, -0.25) is 0 Å². The molecule has 0 bridgehead atoms. The molecule has 0 spiro atoms. The predicted octanol–water partition coefficient (Wildman–Crippen LogP) is 4.91. The van der Waals surface area contributed by atoms with Crippen molar-refractivity contribution in [1.29, 1.82) is 0 Å². The molecule has 2 aromatic carbocycles. The lowest BCUT2D eigenvalue weighted by Gasteiger charge is -2.14. The second-order valence-corrected chi connectivity index (χ2v) is 5.45. The molecule has 0 saturated carbocycles. The highest BCUT2D eigenvalue weighted by molar-refractivity contribution is 5.92. The minimum absolute atomic E-state index is 0.217. The van der Waals surface area contributed by atoms with Crippen LogP contribution in [0.25, 0.3) is 6.08 Å². The number of carbonyl (C=O) groups excluding carboxylic acids is 1. The number of benzene rings is 2. The van der Waals surface area contributed by atoms with Crippen molar-refractivity contribution in [1.82, 2.24) is 5.32 Å². The minimum Gasteiger partial charge on any atom is -0.314 e. The zero-order chi connectivity index (χ0) is 16.7. The summed E-state index contributed by atoms with van der Waals surface area (Å²) in [6.07, 6.45) is 5.37. The SMILES string of the molecule is CCc1cccc(CC)c1NC(=O)N/C=C/c1ccccc1C. The Balaban J connectivity index is 2.04. The van der Waals surface area contributed by atoms with Gasteiger partial charge in [0, 0.05) is 11.9 Å². The predicted molar refractivity (Wildman–Crippen MR) is 97.6 cm³/mol. The van der Waals surface area contributed by atoms with Gasteiger partial charge < -0.3 is 10.6 Å². The Morgan fingerprint density at radius 1 is 1.00 bits per heavy atom. The molecule has 0 saturated heterocycles. The summed E-state index contributed by atoms with van der Waals surface area (Å²) in [5.74, 6) is 0. The molecule has 3 nitrogen and oxygen atoms in total. The zero-order valence-corrected chi connectivity index (χ0v) is 14.0. The van der Waals surface area contributed by atoms with E-state index in [4.69, 9.17) is 0 Å². The zero-order valence-electron chi connectivity index (χ0n) is 14.0. The third-order valence-electron chi connectivity index (χ3n) is 3.90. The number of amides is 2. The maximum atomic E-state index is 12.2. The molecule has 0 aliphatic heterocycles. The summed E-state index contributed by atoms with van der Waals surface area (Å²) in [4.78, 5) is 12.2. The largest absolute Gasteiger partial charge is 0.323 e. The van der Waals surface area contributed by atoms with Crippen molar-refractivity contribution in [2.24, 2.45) is 0 Å². The lowest BCUT2D eigenvalue weighted by molar-refractivity contribution is 0.255. The first-order valence-electron chi connectivity index (χ1n) is 8.06. The van der Waals surface area contributed by atoms with E-state index in [1.165, 1.54) is 5.56 Å². The molecule has 2 rings (SSSR count). The minimum atomic E-state index is -0.217. The molecule has 0 aliphatic carbocycles. The fourth-order valence-electron chi connectivity index (χ4n) is 2.53. The summed E-state index contributed by atoms with van der Waals surface area (Å²) in [6.45, 7) is 6.23. The lowest BCUT2D eigenvalue weighted by Crippen LogP contribution is -2.25. The van der Waals surface area contributed by atoms with Gasteiger partial charge in [-0.1, -0.05) is 56.3 Å². The molecule has 0 unspecified atom stereocenters. The number of anilines is 1. The third-order valence-corrected chi connectivity index (χ3v) is 3.90. The Kier molecular flexibility index (Phi) is 5.98. The van der Waals surface area contributed by atoms with E-state index in [1.54, 1.807) is 6.20 Å². The molecule has 0 radical (unpaired) electrons. The number of para-hydroxylation sites is 1. The first-order chi connectivity index (χ1) is 11.2. The second-order valence-electron chi connectivity index (χ2n) is 5.45. The highest BCUT2D eigenvalue weighted by atomic mass is 16.2. The molecule has 2 N–H and O–H groups in total. The van der Waals surface area contributed by atoms with Gasteiger partial charge in [0.2, 0.25) is 0 Å². The smallest absolute Gasteiger partial charge is 0.314 e. The Hall–Kier alpha value is -2.55. The van der Waals surface area contributed by atoms with E-state index in [0.717, 1.165) is 35.2 Å². The van der Waals surface area contributed by atoms with E-state index in [0.29, 0.717) is 0 Å². The topological polar surface area (TPSA) is 41.1 Å². The molecule has 0 aliphatic rings. The molecule has 120 valence electrons. The fraction of sp³-hybridized carbons (Fsp3) is 0.250. The van der Waals surface area contributed by atoms with Crippen LogP contribution in [0.5, 0.6) is 0 Å². The van der Waals surface area contributed by atoms with Gasteiger partial charge in [-0.25, -0.2) is 4.79 Å². The molecule has 2 amide bonds. The van der Waals surface area contributed by atoms with Crippen LogP contribution in [0.1, 0.15) is 36.1 Å². The monoisotopic (exact) mass is 308 g/mol. The van der Waals surface area contributed by atoms with Crippen molar-refractivity contribution < 1.29 is 4.79 Å². The Morgan fingerprint density at radius 3 is 2.26 bits per heavy atom. The van der Waals surface area contributed by atoms with Crippen LogP contribution in [0, 0.1) is 6.92 Å². The summed E-state index contributed by atoms with van der Waals surface area (Å²) < 4.78 is 0. The van der Waals surface area contributed by atoms with Crippen molar-refractivity contribution in [3.63, 3.8) is 0 Å². The Labute approximate surface area is 138 Å². The van der Waals surface area contributed by atoms with Gasteiger partial charge in [0.25, 0.3) is 0 Å². The van der Waals surface area contributed by atoms with E-state index in [1.807, 2.05) is 43.3 Å². The van der Waals surface area contributed by atoms with E-state index >= 15 is 0 Å². The number of hydrogen-bond donors (Lipinski definition) is 2. The van der Waals surface area contributed by atoms with Crippen molar-refractivity contribution in [3.8, 4) is 0 Å². The molecular weight excluding hydrogens is 284 g/mol. The molecule has 0 fully saturated rings. The molecular formula is C20H24N2O. The number of nitrogens with one attached hydrogen (secondary N) is 2. The van der Waals surface area contributed by atoms with Crippen molar-refractivity contribution in [3.05, 3.63) is 70.9 Å². The van der Waals surface area contributed by atoms with Gasteiger partial charge in [0.05, 0.1) is 0 Å². The standard InChI is InChI=1S/C20H24N2O/c1-4-16-11-8-12-17(5-2)19(16)22-20(23)21-14-13-18-10-7-6-9-15(18)3/h6-14H,4-5H2,1-3H3,(H2,21,22,23)/b14-13+. The average Bonchev–Trinajstić information content (AvgIpc) is 2.56. The molecule has 2 aromatic rings. The molecule has 0 aromatic heterocycles. The number of aryl methyl sites for hydroxylation is 3. The Bertz CT molecular complexity index is 682. The van der Waals surface area contributed by atoms with Crippen LogP contribution in [0.2, 0.25) is 0 Å². The van der Waals surface area contributed by atoms with Gasteiger partial charge >= 0.3 is 6.03 Å². The van der Waals surface area contributed by atoms with Crippen molar-refractivity contribution >= 4 is 17.8 Å². The number of rotatable bonds is 5. The van der Waals surface area contributed by atoms with Crippen LogP contribution in [-0.2, 0) is 12.8 Å². The van der Waals surface area contributed by atoms with E-state index < -0.39 is 0 Å². The van der Waals surface area contributed by atoms with Crippen molar-refractivity contribution in [2.75, 3.05) is 5.32 Å². The molecule has 0 atom stereocenters. The normalized spacial score (nSPS) is 10.7. The van der Waals surface area contributed by atoms with E-state index in [2.05, 4.69) is 36.6 Å². The fourth-order valence-corrected chi connectivity index (χ4v) is 2.53. The quantitative estimate of drug-likeness (QED) is 0.809. The highest BCUT2D eigenvalue weighted by Gasteiger charge is 2.08. The summed E-state index contributed by atoms with van der Waals surface area (Å²) in [6, 6.07) is 14.0. The van der Waals surface area contributed by atoms with Crippen LogP contribution in [0.4, 0.5) is 10.5 Å². The summed E-state index contributed by atoms with van der Waals surface area (Å²) in [5.41, 5.74) is 5.51. The maximum Gasteiger partial charge on any atom is 0.323 e. The molecule has 23 heavy (non-hydrogen) atoms. The van der Waals surface area contributed by atoms with E-state index in [9.17, 15) is 4.79 Å². The van der Waals surface area contributed by atoms with Gasteiger partial charge in [0.1, 0.15) is 0 Å². The van der Waals surface area contributed by atoms with Gasteiger partial charge in [-0.05, 0) is 48.1 Å². The van der Waals surface area contributed by atoms with Gasteiger partial charge in [-0.2, -0.15) is 0 Å². The number of hydrogen-bond acceptors (Lipinski definition) is 1. The lowest BCUT2D eigenvalue weighted by atomic mass is 10.0. The second kappa shape index (κ2) is 8.18. The molecule has 3 heteroatoms.